The molecule has 14 heteroatoms. The molecule has 0 saturated carbocycles. The summed E-state index contributed by atoms with van der Waals surface area (Å²) in [7, 11) is 0. The lowest BCUT2D eigenvalue weighted by molar-refractivity contribution is -0.807. The van der Waals surface area contributed by atoms with Crippen molar-refractivity contribution in [1.82, 2.24) is 5.32 Å². The van der Waals surface area contributed by atoms with E-state index in [2.05, 4.69) is 177 Å². The number of hydrogen-bond donors (Lipinski definition) is 5. The second-order valence-electron chi connectivity index (χ2n) is 13.0. The molecule has 1 fully saturated rings. The van der Waals surface area contributed by atoms with E-state index in [0.717, 1.165) is 19.3 Å². The monoisotopic (exact) mass is 939 g/mol. The Labute approximate surface area is 419 Å². The molecule has 0 radical (unpaired) electrons. The highest BCUT2D eigenvalue weighted by Crippen LogP contribution is 2.24. The molecule has 1 amide bonds. The summed E-state index contributed by atoms with van der Waals surface area (Å²) in [4.78, 5) is 17.3. The molecule has 64 heavy (non-hydrogen) atoms. The molecule has 0 spiro atoms. The Morgan fingerprint density at radius 3 is 1.53 bits per heavy atom. The minimum absolute atomic E-state index is 0. The quantitative estimate of drug-likeness (QED) is 0.0357. The number of hydrogen-bond acceptors (Lipinski definition) is 12. The van der Waals surface area contributed by atoms with E-state index in [1.165, 1.54) is 51.4 Å². The molecule has 1 aliphatic heterocycles. The number of aliphatic hydroxyl groups excluding tert-OH is 4. The molecule has 0 aliphatic carbocycles. The predicted octanol–water partition coefficient (Wildman–Crippen LogP) is 6.16. The van der Waals surface area contributed by atoms with Gasteiger partial charge in [0.05, 0.1) is 31.5 Å². The van der Waals surface area contributed by atoms with E-state index in [1.54, 1.807) is 6.92 Å². The lowest BCUT2D eigenvalue weighted by atomic mass is 9.99. The number of unbranched alkanes of at least 4 members (excludes halogenated alkanes) is 11. The largest absolute Gasteiger partial charge is 0.692 e. The number of nitrogens with one attached hydrogen (secondary N) is 1. The van der Waals surface area contributed by atoms with E-state index in [0.29, 0.717) is 6.42 Å². The van der Waals surface area contributed by atoms with Crippen LogP contribution in [0, 0.1) is 142 Å². The minimum Gasteiger partial charge on any atom is -0.692 e. The summed E-state index contributed by atoms with van der Waals surface area (Å²) in [6.07, 6.45) is 6.19. The SMILES string of the molecule is CC#CC#CC#CC#CC#CC#CC#CC#CC#CC#CC#CC#CC(=O)NC(COC1OC(CO)CC(OO[O-])C1O)[C@H](O)[C@H](O)CCCCCCCCCCCCCC.O.O=S.[HH].[HH].[HH].[HH].[HH].[HH].[HH].[HH].[HH].[HH].[HH].[HH].[HH].[HH].[HH].[HH].[HH].[HH].[HH].[HH].[HH].[HH].[HH].[HH]. The molecule has 0 aromatic heterocycles. The van der Waals surface area contributed by atoms with Gasteiger partial charge in [0.2, 0.25) is 0 Å². The number of carbonyl (C=O) groups excluding carboxylic acids is 1. The van der Waals surface area contributed by atoms with E-state index < -0.39 is 62.0 Å². The first-order valence-electron chi connectivity index (χ1n) is 20.1. The molecule has 0 aromatic rings. The first-order chi connectivity index (χ1) is 30.9. The summed E-state index contributed by atoms with van der Waals surface area (Å²) in [6, 6.07) is -1.22. The summed E-state index contributed by atoms with van der Waals surface area (Å²) in [5, 5.41) is 58.6. The molecule has 384 valence electrons. The fourth-order valence-electron chi connectivity index (χ4n) is 5.34. The van der Waals surface area contributed by atoms with Crippen molar-refractivity contribution in [2.45, 2.75) is 147 Å². The third-order valence-corrected chi connectivity index (χ3v) is 8.38. The van der Waals surface area contributed by atoms with Gasteiger partial charge in [-0.1, -0.05) is 89.9 Å². The van der Waals surface area contributed by atoms with Gasteiger partial charge in [0.25, 0.3) is 5.91 Å². The van der Waals surface area contributed by atoms with Gasteiger partial charge in [-0.2, -0.15) is 4.21 Å². The molecule has 5 unspecified atom stereocenters. The predicted molar refractivity (Wildman–Crippen MR) is 289 cm³/mol. The average molecular weight is 939 g/mol. The molecule has 1 heterocycles. The highest BCUT2D eigenvalue weighted by Gasteiger charge is 2.40. The summed E-state index contributed by atoms with van der Waals surface area (Å²) in [6.45, 7) is 2.96. The highest BCUT2D eigenvalue weighted by molar-refractivity contribution is 7.44. The lowest BCUT2D eigenvalue weighted by Crippen LogP contribution is -2.55. The molecule has 1 rings (SSSR count). The van der Waals surface area contributed by atoms with Crippen LogP contribution in [-0.2, 0) is 36.7 Å². The highest BCUT2D eigenvalue weighted by atomic mass is 32.1. The van der Waals surface area contributed by atoms with Gasteiger partial charge < -0.3 is 46.0 Å². The third-order valence-electron chi connectivity index (χ3n) is 8.38. The molecule has 1 aliphatic rings. The van der Waals surface area contributed by atoms with Crippen molar-refractivity contribution in [2.24, 2.45) is 0 Å². The van der Waals surface area contributed by atoms with E-state index >= 15 is 0 Å². The van der Waals surface area contributed by atoms with Gasteiger partial charge in [0.15, 0.2) is 18.8 Å². The van der Waals surface area contributed by atoms with Crippen molar-refractivity contribution in [3.63, 3.8) is 0 Å². The summed E-state index contributed by atoms with van der Waals surface area (Å²) in [5.41, 5.74) is 0. The normalized spacial score (nSPS) is 15.7. The average Bonchev–Trinajstić information content (AvgIpc) is 3.29. The van der Waals surface area contributed by atoms with Crippen LogP contribution in [0.5, 0.6) is 0 Å². The van der Waals surface area contributed by atoms with Gasteiger partial charge in [-0.3, -0.25) is 9.83 Å². The number of aliphatic hydroxyl groups is 4. The van der Waals surface area contributed by atoms with Crippen LogP contribution in [0.3, 0.4) is 0 Å². The Morgan fingerprint density at radius 1 is 0.719 bits per heavy atom. The van der Waals surface area contributed by atoms with E-state index in [4.69, 9.17) is 13.7 Å². The second kappa shape index (κ2) is 44.9. The lowest BCUT2D eigenvalue weighted by Gasteiger charge is -2.38. The zero-order valence-electron chi connectivity index (χ0n) is 35.9. The maximum Gasteiger partial charge on any atom is 0.297 e. The van der Waals surface area contributed by atoms with Crippen molar-refractivity contribution >= 4 is 18.4 Å². The van der Waals surface area contributed by atoms with Gasteiger partial charge in [0, 0.05) is 82.1 Å². The van der Waals surface area contributed by atoms with Crippen LogP contribution in [0.4, 0.5) is 0 Å². The van der Waals surface area contributed by atoms with Crippen molar-refractivity contribution < 1.29 is 93.8 Å². The van der Waals surface area contributed by atoms with Crippen LogP contribution in [0.2, 0.25) is 0 Å². The fraction of sp³-hybridized carbons (Fsp3) is 0.500. The van der Waals surface area contributed by atoms with Crippen molar-refractivity contribution in [1.29, 1.82) is 0 Å². The van der Waals surface area contributed by atoms with Crippen LogP contribution in [0.15, 0.2) is 0 Å². The van der Waals surface area contributed by atoms with E-state index in [1.807, 2.05) is 0 Å². The second-order valence-corrected chi connectivity index (χ2v) is 13.0. The van der Waals surface area contributed by atoms with E-state index in [9.17, 15) is 30.5 Å². The zero-order chi connectivity index (χ0) is 46.4. The summed E-state index contributed by atoms with van der Waals surface area (Å²) < 4.78 is 19.0. The topological polar surface area (TPSA) is 219 Å². The maximum absolute atomic E-state index is 12.7. The zero-order valence-corrected chi connectivity index (χ0v) is 36.7. The van der Waals surface area contributed by atoms with Crippen LogP contribution in [-0.4, -0.2) is 92.1 Å². The maximum atomic E-state index is 12.7. The van der Waals surface area contributed by atoms with Gasteiger partial charge in [-0.15, -0.1) is 0 Å². The molecule has 7 N–H and O–H groups in total. The van der Waals surface area contributed by atoms with Crippen LogP contribution >= 0.6 is 0 Å². The molecule has 7 atom stereocenters. The molecular formula is C50H100NO12S-. The van der Waals surface area contributed by atoms with Gasteiger partial charge in [0.1, 0.15) is 18.3 Å². The Bertz CT molecular complexity index is 2250. The molecular weight excluding hydrogens is 839 g/mol. The van der Waals surface area contributed by atoms with Gasteiger partial charge >= 0.3 is 0 Å². The number of ether oxygens (including phenoxy) is 2. The molecule has 1 saturated heterocycles. The Balaban J connectivity index is -0.0000000587. The Hall–Kier alpha value is -6.19. The Kier molecular flexibility index (Phi) is 42.0. The number of carbonyl (C=O) groups is 1. The standard InChI is InChI=1S/C50H51NO10.OS.H2O.24H2/c1-3-5-7-9-11-13-15-17-18-19-20-21-22-23-24-25-26-27-29-31-33-35-37-39-47(54)51-44(42-58-50-49(56)46(60-61-57)40-43(41-52)59-50)48(55)45(53)38-36-34-32-30-28-16-14-12-10-8-6-4-2;1-2;;;;;;;;;;;;;;;;;;;;;;;;;/h43-46,48-50,52-53,55-57H,4,6,8,10,12,14,16,28,30,32,34,36,38,40-42H2,1-2H3,(H,51,54);;1H2;24*1H/p-1/t43?,44?,45-,46?,48+,49?,50?;;;;;;;;;;;;;;;;;;;;;;;;;;/m1........................../s1. The van der Waals surface area contributed by atoms with Crippen molar-refractivity contribution in [3.8, 4) is 142 Å². The first-order valence-corrected chi connectivity index (χ1v) is 20.5. The molecule has 0 aromatic carbocycles. The minimum atomic E-state index is -1.51. The number of rotatable bonds is 22. The van der Waals surface area contributed by atoms with Crippen LogP contribution in [0.1, 0.15) is 138 Å². The van der Waals surface area contributed by atoms with Gasteiger partial charge in [-0.25, -0.2) is 4.89 Å². The smallest absolute Gasteiger partial charge is 0.297 e. The third kappa shape index (κ3) is 33.4. The first kappa shape index (κ1) is 59.9. The molecule has 0 bridgehead atoms. The van der Waals surface area contributed by atoms with E-state index in [-0.39, 0.29) is 52.6 Å². The van der Waals surface area contributed by atoms with Crippen LogP contribution in [0.25, 0.3) is 0 Å². The summed E-state index contributed by atoms with van der Waals surface area (Å²) in [5.74, 6) is 58.5. The molecule has 13 nitrogen and oxygen atoms in total. The number of amides is 1. The Morgan fingerprint density at radius 2 is 1.12 bits per heavy atom. The summed E-state index contributed by atoms with van der Waals surface area (Å²) >= 11 is 2.83. The fourth-order valence-corrected chi connectivity index (χ4v) is 5.34. The van der Waals surface area contributed by atoms with Gasteiger partial charge in [-0.05, 0) is 108 Å². The van der Waals surface area contributed by atoms with Crippen LogP contribution < -0.4 is 10.6 Å². The van der Waals surface area contributed by atoms with Crippen molar-refractivity contribution in [2.75, 3.05) is 13.2 Å². The van der Waals surface area contributed by atoms with Crippen molar-refractivity contribution in [3.05, 3.63) is 0 Å².